The van der Waals surface area contributed by atoms with E-state index in [-0.39, 0.29) is 0 Å². The zero-order chi connectivity index (χ0) is 29.7. The number of hydrogen-bond acceptors (Lipinski definition) is 4. The maximum Gasteiger partial charge on any atom is 0.164 e. The highest BCUT2D eigenvalue weighted by Crippen LogP contribution is 2.39. The summed E-state index contributed by atoms with van der Waals surface area (Å²) in [5.74, 6) is 1.88. The van der Waals surface area contributed by atoms with Crippen LogP contribution >= 0.6 is 0 Å². The van der Waals surface area contributed by atoms with Gasteiger partial charge in [-0.3, -0.25) is 0 Å². The lowest BCUT2D eigenvalue weighted by Crippen LogP contribution is -2.00. The van der Waals surface area contributed by atoms with Crippen molar-refractivity contribution >= 4 is 43.5 Å². The van der Waals surface area contributed by atoms with Crippen molar-refractivity contribution in [3.8, 4) is 45.3 Å². The van der Waals surface area contributed by atoms with Crippen molar-refractivity contribution in [3.63, 3.8) is 0 Å². The number of rotatable bonds is 4. The molecule has 2 heterocycles. The lowest BCUT2D eigenvalue weighted by Gasteiger charge is -2.09. The molecule has 4 heteroatoms. The van der Waals surface area contributed by atoms with E-state index in [1.165, 1.54) is 21.5 Å². The molecule has 0 radical (unpaired) electrons. The number of fused-ring (bicyclic) bond motifs is 6. The normalized spacial score (nSPS) is 11.6. The summed E-state index contributed by atoms with van der Waals surface area (Å²) in [4.78, 5) is 14.8. The molecular weight excluding hydrogens is 550 g/mol. The number of aromatic nitrogens is 3. The molecule has 0 aliphatic rings. The van der Waals surface area contributed by atoms with E-state index in [1.807, 2.05) is 72.8 Å². The molecular formula is C41H25N3O. The Kier molecular flexibility index (Phi) is 5.78. The first kappa shape index (κ1) is 25.4. The summed E-state index contributed by atoms with van der Waals surface area (Å²) in [5, 5.41) is 7.02. The van der Waals surface area contributed by atoms with Gasteiger partial charge in [0.2, 0.25) is 0 Å². The zero-order valence-corrected chi connectivity index (χ0v) is 24.2. The fourth-order valence-electron chi connectivity index (χ4n) is 6.31. The largest absolute Gasteiger partial charge is 0.456 e. The van der Waals surface area contributed by atoms with Crippen LogP contribution in [0.2, 0.25) is 0 Å². The first-order chi connectivity index (χ1) is 22.3. The Morgan fingerprint density at radius 2 is 0.956 bits per heavy atom. The summed E-state index contributed by atoms with van der Waals surface area (Å²) in [6.07, 6.45) is 0. The molecule has 0 atom stereocenters. The maximum absolute atomic E-state index is 6.48. The topological polar surface area (TPSA) is 51.8 Å². The van der Waals surface area contributed by atoms with Gasteiger partial charge in [-0.25, -0.2) is 15.0 Å². The monoisotopic (exact) mass is 575 g/mol. The molecule has 7 aromatic carbocycles. The van der Waals surface area contributed by atoms with E-state index in [4.69, 9.17) is 19.4 Å². The molecule has 0 N–H and O–H groups in total. The van der Waals surface area contributed by atoms with Gasteiger partial charge in [-0.2, -0.15) is 0 Å². The molecule has 4 nitrogen and oxygen atoms in total. The average molecular weight is 576 g/mol. The summed E-state index contributed by atoms with van der Waals surface area (Å²) < 4.78 is 6.48. The average Bonchev–Trinajstić information content (AvgIpc) is 3.50. The molecule has 9 aromatic rings. The van der Waals surface area contributed by atoms with Gasteiger partial charge in [-0.05, 0) is 56.9 Å². The highest BCUT2D eigenvalue weighted by atomic mass is 16.3. The fraction of sp³-hybridized carbons (Fsp3) is 0. The van der Waals surface area contributed by atoms with E-state index in [2.05, 4.69) is 78.9 Å². The lowest BCUT2D eigenvalue weighted by atomic mass is 9.96. The summed E-state index contributed by atoms with van der Waals surface area (Å²) in [7, 11) is 0. The van der Waals surface area contributed by atoms with Crippen molar-refractivity contribution < 1.29 is 4.42 Å². The van der Waals surface area contributed by atoms with Crippen LogP contribution in [0.4, 0.5) is 0 Å². The van der Waals surface area contributed by atoms with Gasteiger partial charge in [0.25, 0.3) is 0 Å². The van der Waals surface area contributed by atoms with E-state index in [9.17, 15) is 0 Å². The van der Waals surface area contributed by atoms with Crippen molar-refractivity contribution in [1.29, 1.82) is 0 Å². The van der Waals surface area contributed by atoms with Gasteiger partial charge in [0.1, 0.15) is 11.2 Å². The van der Waals surface area contributed by atoms with Crippen molar-refractivity contribution in [2.24, 2.45) is 0 Å². The minimum absolute atomic E-state index is 0.613. The Labute approximate surface area is 259 Å². The van der Waals surface area contributed by atoms with Gasteiger partial charge in [0.15, 0.2) is 17.5 Å². The van der Waals surface area contributed by atoms with Crippen LogP contribution in [0.1, 0.15) is 0 Å². The quantitative estimate of drug-likeness (QED) is 0.196. The predicted molar refractivity (Wildman–Crippen MR) is 184 cm³/mol. The number of hydrogen-bond donors (Lipinski definition) is 0. The van der Waals surface area contributed by atoms with Crippen LogP contribution in [0.5, 0.6) is 0 Å². The molecule has 45 heavy (non-hydrogen) atoms. The molecule has 2 aromatic heterocycles. The summed E-state index contributed by atoms with van der Waals surface area (Å²) in [6, 6.07) is 52.3. The molecule has 0 unspecified atom stereocenters. The van der Waals surface area contributed by atoms with Crippen LogP contribution in [-0.4, -0.2) is 15.0 Å². The summed E-state index contributed by atoms with van der Waals surface area (Å²) in [5.41, 5.74) is 6.68. The minimum atomic E-state index is 0.613. The summed E-state index contributed by atoms with van der Waals surface area (Å²) >= 11 is 0. The first-order valence-corrected chi connectivity index (χ1v) is 15.0. The van der Waals surface area contributed by atoms with Crippen LogP contribution in [0.15, 0.2) is 156 Å². The predicted octanol–water partition coefficient (Wildman–Crippen LogP) is 10.7. The third kappa shape index (κ3) is 4.35. The third-order valence-electron chi connectivity index (χ3n) is 8.52. The number of nitrogens with zero attached hydrogens (tertiary/aromatic N) is 3. The molecule has 0 aliphatic heterocycles. The third-order valence-corrected chi connectivity index (χ3v) is 8.52. The second kappa shape index (κ2) is 10.2. The summed E-state index contributed by atoms with van der Waals surface area (Å²) in [6.45, 7) is 0. The van der Waals surface area contributed by atoms with Crippen molar-refractivity contribution in [1.82, 2.24) is 15.0 Å². The molecule has 0 saturated carbocycles. The smallest absolute Gasteiger partial charge is 0.164 e. The van der Waals surface area contributed by atoms with E-state index in [1.54, 1.807) is 0 Å². The van der Waals surface area contributed by atoms with Gasteiger partial charge in [-0.15, -0.1) is 0 Å². The molecule has 0 amide bonds. The van der Waals surface area contributed by atoms with Gasteiger partial charge in [-0.1, -0.05) is 127 Å². The zero-order valence-electron chi connectivity index (χ0n) is 24.2. The molecule has 0 spiro atoms. The van der Waals surface area contributed by atoms with Crippen molar-refractivity contribution in [3.05, 3.63) is 152 Å². The van der Waals surface area contributed by atoms with Gasteiger partial charge < -0.3 is 4.42 Å². The first-order valence-electron chi connectivity index (χ1n) is 15.0. The van der Waals surface area contributed by atoms with E-state index < -0.39 is 0 Å². The second-order valence-corrected chi connectivity index (χ2v) is 11.3. The van der Waals surface area contributed by atoms with E-state index >= 15 is 0 Å². The van der Waals surface area contributed by atoms with Crippen LogP contribution in [0.3, 0.4) is 0 Å². The van der Waals surface area contributed by atoms with Gasteiger partial charge in [0.05, 0.1) is 0 Å². The SMILES string of the molecule is c1ccc(-c2nc(-c3ccccc3)nc(-c3cccc4oc5cc(-c6ccc7c(ccc8ccccc87)c6)ccc5c34)n2)cc1. The standard InChI is InChI=1S/C41H25N3O/c1-3-11-27(12-4-1)39-42-40(28-13-5-2-6-14-28)44-41(43-39)35-16-9-17-36-38(35)34-23-21-30(25-37(34)45-36)29-20-22-33-31(24-29)19-18-26-10-7-8-15-32(26)33/h1-25H. The maximum atomic E-state index is 6.48. The second-order valence-electron chi connectivity index (χ2n) is 11.3. The Bertz CT molecular complexity index is 2480. The van der Waals surface area contributed by atoms with E-state index in [0.29, 0.717) is 17.5 Å². The minimum Gasteiger partial charge on any atom is -0.456 e. The highest BCUT2D eigenvalue weighted by Gasteiger charge is 2.18. The van der Waals surface area contributed by atoms with Gasteiger partial charge in [0, 0.05) is 27.5 Å². The number of benzene rings is 7. The molecule has 210 valence electrons. The van der Waals surface area contributed by atoms with Crippen molar-refractivity contribution in [2.45, 2.75) is 0 Å². The molecule has 0 saturated heterocycles. The molecule has 9 rings (SSSR count). The van der Waals surface area contributed by atoms with Crippen LogP contribution in [-0.2, 0) is 0 Å². The molecule has 0 fully saturated rings. The highest BCUT2D eigenvalue weighted by molar-refractivity contribution is 6.13. The Morgan fingerprint density at radius 1 is 0.356 bits per heavy atom. The lowest BCUT2D eigenvalue weighted by molar-refractivity contribution is 0.669. The number of furan rings is 1. The van der Waals surface area contributed by atoms with Crippen LogP contribution in [0, 0.1) is 0 Å². The Hall–Kier alpha value is -6.13. The van der Waals surface area contributed by atoms with Crippen molar-refractivity contribution in [2.75, 3.05) is 0 Å². The Balaban J connectivity index is 1.20. The Morgan fingerprint density at radius 3 is 1.71 bits per heavy atom. The molecule has 0 aliphatic carbocycles. The fourth-order valence-corrected chi connectivity index (χ4v) is 6.31. The van der Waals surface area contributed by atoms with Crippen LogP contribution in [0.25, 0.3) is 88.8 Å². The molecule has 0 bridgehead atoms. The van der Waals surface area contributed by atoms with Gasteiger partial charge >= 0.3 is 0 Å². The van der Waals surface area contributed by atoms with Crippen LogP contribution < -0.4 is 0 Å². The van der Waals surface area contributed by atoms with E-state index in [0.717, 1.165) is 49.8 Å².